The average Bonchev–Trinajstić information content (AvgIpc) is 2.77. The van der Waals surface area contributed by atoms with Crippen LogP contribution in [0.3, 0.4) is 0 Å². The van der Waals surface area contributed by atoms with E-state index in [1.165, 1.54) is 26.4 Å². The maximum Gasteiger partial charge on any atom is 0.335 e. The predicted octanol–water partition coefficient (Wildman–Crippen LogP) is 4.49. The molecular weight excluding hydrogens is 408 g/mol. The largest absolute Gasteiger partial charge is 0.432 e. The lowest BCUT2D eigenvalue weighted by Gasteiger charge is -2.38. The number of aliphatic hydroxyl groups excluding tert-OH is 1. The zero-order valence-corrected chi connectivity index (χ0v) is 20.3. The standard InChI is InChI=1S/C26H38O6/c1-17(2)14-24(29)32-13-10-22-21(15-19(5)27)25(30)20(16-31-7)8-11-26(22,6)12-9-23(28)18(3)4/h8,10,13-14,21-23,28H,3,9,11-12,15-16H2,1-2,4-7H3/b13-10+/t21-,22-,23?,26+/m0/s1. The van der Waals surface area contributed by atoms with Gasteiger partial charge in [0.2, 0.25) is 0 Å². The first kappa shape index (κ1) is 27.7. The number of allylic oxidation sites excluding steroid dienone is 3. The van der Waals surface area contributed by atoms with Crippen molar-refractivity contribution in [2.24, 2.45) is 17.3 Å². The Bertz CT molecular complexity index is 799. The molecule has 6 heteroatoms. The van der Waals surface area contributed by atoms with Crippen molar-refractivity contribution in [2.45, 2.75) is 66.4 Å². The highest BCUT2D eigenvalue weighted by molar-refractivity contribution is 6.00. The van der Waals surface area contributed by atoms with E-state index < -0.39 is 23.4 Å². The topological polar surface area (TPSA) is 89.9 Å². The van der Waals surface area contributed by atoms with Crippen molar-refractivity contribution in [2.75, 3.05) is 13.7 Å². The van der Waals surface area contributed by atoms with Crippen molar-refractivity contribution < 1.29 is 29.0 Å². The number of carbonyl (C=O) groups excluding carboxylic acids is 3. The molecule has 0 spiro atoms. The number of ether oxygens (including phenoxy) is 2. The summed E-state index contributed by atoms with van der Waals surface area (Å²) in [6.07, 6.45) is 7.37. The van der Waals surface area contributed by atoms with Gasteiger partial charge in [-0.15, -0.1) is 0 Å². The first-order valence-electron chi connectivity index (χ1n) is 11.0. The third-order valence-corrected chi connectivity index (χ3v) is 5.95. The molecule has 1 aliphatic rings. The maximum atomic E-state index is 13.3. The fraction of sp³-hybridized carbons (Fsp3) is 0.577. The van der Waals surface area contributed by atoms with Crippen LogP contribution in [0.15, 0.2) is 47.8 Å². The Morgan fingerprint density at radius 3 is 2.50 bits per heavy atom. The van der Waals surface area contributed by atoms with Crippen LogP contribution in [0.5, 0.6) is 0 Å². The van der Waals surface area contributed by atoms with Crippen molar-refractivity contribution in [3.63, 3.8) is 0 Å². The van der Waals surface area contributed by atoms with E-state index in [-0.39, 0.29) is 30.5 Å². The van der Waals surface area contributed by atoms with Crippen molar-refractivity contribution in [1.82, 2.24) is 0 Å². The quantitative estimate of drug-likeness (QED) is 0.218. The van der Waals surface area contributed by atoms with Gasteiger partial charge >= 0.3 is 5.97 Å². The second kappa shape index (κ2) is 12.7. The van der Waals surface area contributed by atoms with Gasteiger partial charge in [-0.3, -0.25) is 4.79 Å². The molecule has 1 unspecified atom stereocenters. The summed E-state index contributed by atoms with van der Waals surface area (Å²) in [7, 11) is 1.53. The Morgan fingerprint density at radius 1 is 1.31 bits per heavy atom. The van der Waals surface area contributed by atoms with Crippen LogP contribution >= 0.6 is 0 Å². The molecule has 4 atom stereocenters. The molecule has 0 heterocycles. The van der Waals surface area contributed by atoms with Crippen LogP contribution in [0.2, 0.25) is 0 Å². The van der Waals surface area contributed by atoms with E-state index in [4.69, 9.17) is 9.47 Å². The lowest BCUT2D eigenvalue weighted by Crippen LogP contribution is -2.36. The molecule has 0 saturated carbocycles. The summed E-state index contributed by atoms with van der Waals surface area (Å²) in [4.78, 5) is 37.4. The summed E-state index contributed by atoms with van der Waals surface area (Å²) in [5.74, 6) is -1.70. The lowest BCUT2D eigenvalue weighted by molar-refractivity contribution is -0.132. The van der Waals surface area contributed by atoms with Crippen molar-refractivity contribution >= 4 is 17.5 Å². The number of Topliss-reactive ketones (excluding diaryl/α,β-unsaturated/α-hetero) is 2. The molecule has 1 aliphatic carbocycles. The summed E-state index contributed by atoms with van der Waals surface area (Å²) >= 11 is 0. The van der Waals surface area contributed by atoms with E-state index >= 15 is 0 Å². The smallest absolute Gasteiger partial charge is 0.335 e. The number of methoxy groups -OCH3 is 1. The van der Waals surface area contributed by atoms with Crippen LogP contribution in [-0.4, -0.2) is 42.5 Å². The summed E-state index contributed by atoms with van der Waals surface area (Å²) in [5, 5.41) is 10.3. The van der Waals surface area contributed by atoms with E-state index in [2.05, 4.69) is 6.58 Å². The molecule has 1 N–H and O–H groups in total. The normalized spacial score (nSPS) is 24.5. The maximum absolute atomic E-state index is 13.3. The van der Waals surface area contributed by atoms with Crippen LogP contribution in [0.25, 0.3) is 0 Å². The third kappa shape index (κ3) is 8.32. The number of ketones is 2. The molecule has 32 heavy (non-hydrogen) atoms. The van der Waals surface area contributed by atoms with E-state index in [9.17, 15) is 19.5 Å². The molecule has 0 aromatic heterocycles. The van der Waals surface area contributed by atoms with Crippen LogP contribution in [0.4, 0.5) is 0 Å². The predicted molar refractivity (Wildman–Crippen MR) is 125 cm³/mol. The van der Waals surface area contributed by atoms with Gasteiger partial charge in [0.25, 0.3) is 0 Å². The van der Waals surface area contributed by atoms with E-state index in [1.54, 1.807) is 26.8 Å². The number of aliphatic hydroxyl groups is 1. The molecule has 0 saturated heterocycles. The first-order chi connectivity index (χ1) is 14.9. The second-order valence-electron chi connectivity index (χ2n) is 9.31. The summed E-state index contributed by atoms with van der Waals surface area (Å²) < 4.78 is 10.4. The molecular formula is C26H38O6. The molecule has 178 valence electrons. The minimum atomic E-state index is -0.653. The monoisotopic (exact) mass is 446 g/mol. The average molecular weight is 447 g/mol. The van der Waals surface area contributed by atoms with Gasteiger partial charge in [-0.25, -0.2) is 4.79 Å². The van der Waals surface area contributed by atoms with E-state index in [0.29, 0.717) is 30.4 Å². The Balaban J connectivity index is 3.37. The van der Waals surface area contributed by atoms with Crippen LogP contribution in [0, 0.1) is 17.3 Å². The summed E-state index contributed by atoms with van der Waals surface area (Å²) in [6.45, 7) is 12.9. The number of rotatable bonds is 11. The minimum Gasteiger partial charge on any atom is -0.432 e. The van der Waals surface area contributed by atoms with Gasteiger partial charge in [0.15, 0.2) is 5.78 Å². The fourth-order valence-corrected chi connectivity index (χ4v) is 4.10. The number of hydrogen-bond acceptors (Lipinski definition) is 6. The van der Waals surface area contributed by atoms with E-state index in [1.807, 2.05) is 13.0 Å². The zero-order chi connectivity index (χ0) is 24.5. The van der Waals surface area contributed by atoms with Gasteiger partial charge in [-0.05, 0) is 64.4 Å². The number of esters is 1. The lowest BCUT2D eigenvalue weighted by atomic mass is 9.65. The van der Waals surface area contributed by atoms with Crippen LogP contribution in [-0.2, 0) is 23.9 Å². The van der Waals surface area contributed by atoms with Gasteiger partial charge in [0.05, 0.1) is 19.0 Å². The SMILES string of the molecule is C=C(C)C(O)CC[C@@]1(C)CC=C(COC)C(=O)[C@@H](CC(C)=O)[C@@H]1/C=C/OC(=O)C=C(C)C. The molecule has 0 aromatic rings. The van der Waals surface area contributed by atoms with Gasteiger partial charge in [0, 0.05) is 31.1 Å². The second-order valence-corrected chi connectivity index (χ2v) is 9.31. The summed E-state index contributed by atoms with van der Waals surface area (Å²) in [6, 6.07) is 0. The van der Waals surface area contributed by atoms with Gasteiger partial charge < -0.3 is 19.4 Å². The van der Waals surface area contributed by atoms with E-state index in [0.717, 1.165) is 5.57 Å². The van der Waals surface area contributed by atoms with Crippen molar-refractivity contribution in [1.29, 1.82) is 0 Å². The first-order valence-corrected chi connectivity index (χ1v) is 11.0. The Kier molecular flexibility index (Phi) is 11.0. The van der Waals surface area contributed by atoms with Gasteiger partial charge in [0.1, 0.15) is 5.78 Å². The van der Waals surface area contributed by atoms with Crippen LogP contribution < -0.4 is 0 Å². The minimum absolute atomic E-state index is 0.0788. The highest BCUT2D eigenvalue weighted by atomic mass is 16.5. The third-order valence-electron chi connectivity index (χ3n) is 5.95. The number of hydrogen-bond donors (Lipinski definition) is 1. The summed E-state index contributed by atoms with van der Waals surface area (Å²) in [5.41, 5.74) is 1.58. The van der Waals surface area contributed by atoms with Crippen molar-refractivity contribution in [3.8, 4) is 0 Å². The van der Waals surface area contributed by atoms with Gasteiger partial charge in [-0.1, -0.05) is 30.7 Å². The van der Waals surface area contributed by atoms with Gasteiger partial charge in [-0.2, -0.15) is 0 Å². The molecule has 6 nitrogen and oxygen atoms in total. The molecule has 1 rings (SSSR count). The molecule has 0 aliphatic heterocycles. The fourth-order valence-electron chi connectivity index (χ4n) is 4.10. The molecule has 0 bridgehead atoms. The molecule has 0 fully saturated rings. The Hall–Kier alpha value is -2.31. The molecule has 0 aromatic carbocycles. The highest BCUT2D eigenvalue weighted by Crippen LogP contribution is 2.46. The Morgan fingerprint density at radius 2 is 1.97 bits per heavy atom. The highest BCUT2D eigenvalue weighted by Gasteiger charge is 2.43. The van der Waals surface area contributed by atoms with Crippen molar-refractivity contribution in [3.05, 3.63) is 47.8 Å². The van der Waals surface area contributed by atoms with Crippen LogP contribution in [0.1, 0.15) is 60.3 Å². The molecule has 0 radical (unpaired) electrons. The Labute approximate surface area is 192 Å². The number of carbonyl (C=O) groups is 3. The zero-order valence-electron chi connectivity index (χ0n) is 20.3. The molecule has 0 amide bonds.